The molecule has 0 bridgehead atoms. The van der Waals surface area contributed by atoms with Gasteiger partial charge < -0.3 is 29.7 Å². The molecular weight excluding hydrogens is 540 g/mol. The minimum Gasteiger partial charge on any atom is -0.508 e. The number of nitrogens with zero attached hydrogens (tertiary/aromatic N) is 5. The second-order valence-corrected chi connectivity index (χ2v) is 12.8. The van der Waals surface area contributed by atoms with E-state index in [0.29, 0.717) is 38.3 Å². The van der Waals surface area contributed by atoms with Gasteiger partial charge >= 0.3 is 12.2 Å². The molecule has 2 heterocycles. The third-order valence-corrected chi connectivity index (χ3v) is 6.94. The maximum absolute atomic E-state index is 13.9. The van der Waals surface area contributed by atoms with Crippen LogP contribution in [-0.2, 0) is 20.7 Å². The van der Waals surface area contributed by atoms with E-state index in [-0.39, 0.29) is 17.6 Å². The Labute approximate surface area is 248 Å². The average Bonchev–Trinajstić information content (AvgIpc) is 3.38. The van der Waals surface area contributed by atoms with Gasteiger partial charge in [-0.3, -0.25) is 4.79 Å². The molecular formula is C30H46N6O6. The second kappa shape index (κ2) is 13.4. The lowest BCUT2D eigenvalue weighted by Gasteiger charge is -2.37. The summed E-state index contributed by atoms with van der Waals surface area (Å²) in [6.07, 6.45) is 1.83. The molecule has 0 spiro atoms. The van der Waals surface area contributed by atoms with Gasteiger partial charge in [-0.2, -0.15) is 0 Å². The summed E-state index contributed by atoms with van der Waals surface area (Å²) < 4.78 is 12.5. The van der Waals surface area contributed by atoms with E-state index in [1.165, 1.54) is 4.68 Å². The van der Waals surface area contributed by atoms with Crippen LogP contribution in [0.1, 0.15) is 85.2 Å². The zero-order valence-electron chi connectivity index (χ0n) is 26.1. The van der Waals surface area contributed by atoms with Crippen LogP contribution in [0.4, 0.5) is 9.59 Å². The first-order chi connectivity index (χ1) is 19.6. The number of rotatable bonds is 8. The van der Waals surface area contributed by atoms with E-state index in [9.17, 15) is 19.5 Å². The van der Waals surface area contributed by atoms with Crippen LogP contribution in [0.5, 0.6) is 5.75 Å². The highest BCUT2D eigenvalue weighted by atomic mass is 16.6. The van der Waals surface area contributed by atoms with Crippen molar-refractivity contribution < 1.29 is 29.0 Å². The van der Waals surface area contributed by atoms with Crippen LogP contribution in [0.15, 0.2) is 30.5 Å². The molecule has 1 saturated heterocycles. The first kappa shape index (κ1) is 32.7. The van der Waals surface area contributed by atoms with Gasteiger partial charge in [0, 0.05) is 32.6 Å². The van der Waals surface area contributed by atoms with Gasteiger partial charge in [-0.25, -0.2) is 14.3 Å². The Bertz CT molecular complexity index is 1210. The highest BCUT2D eigenvalue weighted by Gasteiger charge is 2.34. The number of phenols is 1. The quantitative estimate of drug-likeness (QED) is 0.462. The summed E-state index contributed by atoms with van der Waals surface area (Å²) in [7, 11) is 0. The van der Waals surface area contributed by atoms with Crippen molar-refractivity contribution in [1.82, 2.24) is 30.1 Å². The Morgan fingerprint density at radius 1 is 0.952 bits per heavy atom. The Morgan fingerprint density at radius 3 is 2.07 bits per heavy atom. The number of carbonyl (C=O) groups excluding carboxylic acids is 3. The summed E-state index contributed by atoms with van der Waals surface area (Å²) in [4.78, 5) is 42.4. The molecule has 1 aromatic carbocycles. The minimum atomic E-state index is -0.733. The van der Waals surface area contributed by atoms with Crippen molar-refractivity contribution in [2.75, 3.05) is 26.2 Å². The first-order valence-electron chi connectivity index (χ1n) is 14.5. The number of phenolic OH excluding ortho intramolecular Hbond substituents is 1. The van der Waals surface area contributed by atoms with Crippen molar-refractivity contribution >= 4 is 18.1 Å². The van der Waals surface area contributed by atoms with E-state index >= 15 is 0 Å². The molecule has 1 aliphatic heterocycles. The smallest absolute Gasteiger partial charge is 0.410 e. The number of hydrogen-bond acceptors (Lipinski definition) is 8. The van der Waals surface area contributed by atoms with Crippen LogP contribution in [0, 0.1) is 5.92 Å². The molecule has 2 aromatic rings. The molecule has 0 saturated carbocycles. The number of alkyl carbamates (subject to hydrolysis) is 1. The fourth-order valence-corrected chi connectivity index (χ4v) is 4.56. The number of amides is 3. The van der Waals surface area contributed by atoms with Crippen molar-refractivity contribution in [2.24, 2.45) is 5.92 Å². The summed E-state index contributed by atoms with van der Waals surface area (Å²) in [6.45, 7) is 16.3. The van der Waals surface area contributed by atoms with Gasteiger partial charge in [0.05, 0.1) is 12.2 Å². The van der Waals surface area contributed by atoms with E-state index in [4.69, 9.17) is 9.47 Å². The topological polar surface area (TPSA) is 139 Å². The molecule has 2 N–H and O–H groups in total. The number of aromatic nitrogens is 3. The summed E-state index contributed by atoms with van der Waals surface area (Å²) in [5.74, 6) is -0.00838. The van der Waals surface area contributed by atoms with Crippen molar-refractivity contribution in [2.45, 2.75) is 91.5 Å². The number of carbonyl (C=O) groups is 3. The third kappa shape index (κ3) is 9.35. The Kier molecular flexibility index (Phi) is 10.5. The monoisotopic (exact) mass is 586 g/mol. The predicted molar refractivity (Wildman–Crippen MR) is 157 cm³/mol. The number of nitrogens with one attached hydrogen (secondary N) is 1. The summed E-state index contributed by atoms with van der Waals surface area (Å²) in [5, 5.41) is 21.4. The van der Waals surface area contributed by atoms with Crippen molar-refractivity contribution in [3.05, 3.63) is 41.7 Å². The zero-order valence-corrected chi connectivity index (χ0v) is 26.1. The minimum absolute atomic E-state index is 0.0230. The summed E-state index contributed by atoms with van der Waals surface area (Å²) >= 11 is 0. The lowest BCUT2D eigenvalue weighted by molar-refractivity contribution is -0.136. The molecule has 1 aromatic heterocycles. The van der Waals surface area contributed by atoms with Gasteiger partial charge in [0.25, 0.3) is 0 Å². The van der Waals surface area contributed by atoms with Gasteiger partial charge in [-0.05, 0) is 65.2 Å². The molecule has 1 fully saturated rings. The fourth-order valence-electron chi connectivity index (χ4n) is 4.56. The molecule has 12 nitrogen and oxygen atoms in total. The maximum Gasteiger partial charge on any atom is 0.410 e. The number of hydrogen-bond donors (Lipinski definition) is 2. The molecule has 42 heavy (non-hydrogen) atoms. The summed E-state index contributed by atoms with van der Waals surface area (Å²) in [6, 6.07) is 5.48. The van der Waals surface area contributed by atoms with Gasteiger partial charge in [-0.15, -0.1) is 5.10 Å². The molecule has 0 radical (unpaired) electrons. The van der Waals surface area contributed by atoms with Crippen molar-refractivity contribution in [1.29, 1.82) is 0 Å². The van der Waals surface area contributed by atoms with Crippen molar-refractivity contribution in [3.8, 4) is 5.75 Å². The number of benzene rings is 1. The molecule has 3 atom stereocenters. The third-order valence-electron chi connectivity index (χ3n) is 6.94. The van der Waals surface area contributed by atoms with Gasteiger partial charge in [0.15, 0.2) is 0 Å². The van der Waals surface area contributed by atoms with E-state index < -0.39 is 35.5 Å². The second-order valence-electron chi connectivity index (χ2n) is 12.8. The largest absolute Gasteiger partial charge is 0.508 e. The van der Waals surface area contributed by atoms with Crippen LogP contribution < -0.4 is 5.32 Å². The van der Waals surface area contributed by atoms with Crippen LogP contribution in [0.25, 0.3) is 0 Å². The number of piperazine rings is 1. The maximum atomic E-state index is 13.9. The Balaban J connectivity index is 1.83. The Morgan fingerprint density at radius 2 is 1.52 bits per heavy atom. The predicted octanol–water partition coefficient (Wildman–Crippen LogP) is 4.46. The average molecular weight is 587 g/mol. The zero-order chi connectivity index (χ0) is 31.2. The van der Waals surface area contributed by atoms with Crippen LogP contribution in [-0.4, -0.2) is 85.4 Å². The number of ether oxygens (including phenoxy) is 2. The molecule has 3 amide bonds. The summed E-state index contributed by atoms with van der Waals surface area (Å²) in [5.41, 5.74) is 0.0983. The van der Waals surface area contributed by atoms with Crippen LogP contribution >= 0.6 is 0 Å². The normalized spacial score (nSPS) is 16.4. The molecule has 0 aliphatic carbocycles. The van der Waals surface area contributed by atoms with E-state index in [2.05, 4.69) is 15.6 Å². The molecule has 1 unspecified atom stereocenters. The number of aromatic hydroxyl groups is 1. The van der Waals surface area contributed by atoms with Gasteiger partial charge in [-0.1, -0.05) is 37.6 Å². The van der Waals surface area contributed by atoms with Crippen LogP contribution in [0.2, 0.25) is 0 Å². The standard InChI is InChI=1S/C30H46N6O6/c1-9-20(2)25(31-27(39)41-29(3,4)5)23-19-36(33-32-23)24(18-21-10-12-22(37)13-11-21)26(38)34-14-16-35(17-15-34)28(40)42-30(6,7)8/h10-13,19-20,24-25,37H,9,14-18H2,1-8H3,(H,31,39)/t20?,24-,25-/m0/s1. The lowest BCUT2D eigenvalue weighted by Crippen LogP contribution is -2.53. The first-order valence-corrected chi connectivity index (χ1v) is 14.5. The van der Waals surface area contributed by atoms with Gasteiger partial charge in [0.1, 0.15) is 28.7 Å². The molecule has 232 valence electrons. The Hall–Kier alpha value is -3.83. The van der Waals surface area contributed by atoms with E-state index in [1.807, 2.05) is 34.6 Å². The van der Waals surface area contributed by atoms with E-state index in [1.54, 1.807) is 61.0 Å². The van der Waals surface area contributed by atoms with Crippen molar-refractivity contribution in [3.63, 3.8) is 0 Å². The highest BCUT2D eigenvalue weighted by Crippen LogP contribution is 2.26. The molecule has 1 aliphatic rings. The molecule has 3 rings (SSSR count). The highest BCUT2D eigenvalue weighted by molar-refractivity contribution is 5.81. The lowest BCUT2D eigenvalue weighted by atomic mass is 9.97. The van der Waals surface area contributed by atoms with E-state index in [0.717, 1.165) is 12.0 Å². The fraction of sp³-hybridized carbons (Fsp3) is 0.633. The van der Waals surface area contributed by atoms with Crippen LogP contribution in [0.3, 0.4) is 0 Å². The van der Waals surface area contributed by atoms with Gasteiger partial charge in [0.2, 0.25) is 5.91 Å². The SMILES string of the molecule is CCC(C)[C@H](NC(=O)OC(C)(C)C)c1cn([C@@H](Cc2ccc(O)cc2)C(=O)N2CCN(C(=O)OC(C)(C)C)CC2)nn1. The molecule has 12 heteroatoms.